The van der Waals surface area contributed by atoms with Crippen LogP contribution in [-0.4, -0.2) is 34.4 Å². The summed E-state index contributed by atoms with van der Waals surface area (Å²) < 4.78 is 13.8. The Labute approximate surface area is 209 Å². The molecule has 1 atom stereocenters. The van der Waals surface area contributed by atoms with Gasteiger partial charge in [-0.1, -0.05) is 6.92 Å². The molecule has 184 valence electrons. The summed E-state index contributed by atoms with van der Waals surface area (Å²) in [6.07, 6.45) is 4.11. The maximum absolute atomic E-state index is 12.9. The second-order valence-corrected chi connectivity index (χ2v) is 10.7. The van der Waals surface area contributed by atoms with Crippen LogP contribution in [0.1, 0.15) is 52.7 Å². The number of carbonyl (C=O) groups is 1. The summed E-state index contributed by atoms with van der Waals surface area (Å²) in [7, 11) is 1.78. The highest BCUT2D eigenvalue weighted by Gasteiger charge is 2.16. The monoisotopic (exact) mass is 531 g/mol. The van der Waals surface area contributed by atoms with Crippen LogP contribution in [-0.2, 0) is 11.8 Å². The molecule has 34 heavy (non-hydrogen) atoms. The molecule has 0 aliphatic heterocycles. The predicted molar refractivity (Wildman–Crippen MR) is 140 cm³/mol. The first-order valence-corrected chi connectivity index (χ1v) is 12.4. The highest BCUT2D eigenvalue weighted by Crippen LogP contribution is 2.33. The molecule has 0 aliphatic rings. The number of benzene rings is 1. The van der Waals surface area contributed by atoms with Gasteiger partial charge in [0.05, 0.1) is 27.7 Å². The van der Waals surface area contributed by atoms with Crippen molar-refractivity contribution in [1.82, 2.24) is 14.9 Å². The lowest BCUT2D eigenvalue weighted by molar-refractivity contribution is 0.0525. The van der Waals surface area contributed by atoms with Crippen molar-refractivity contribution >= 4 is 43.7 Å². The first-order chi connectivity index (χ1) is 16.0. The average Bonchev–Trinajstić information content (AvgIpc) is 2.74. The average molecular weight is 532 g/mol. The Morgan fingerprint density at radius 2 is 1.97 bits per heavy atom. The van der Waals surface area contributed by atoms with Crippen LogP contribution in [0.3, 0.4) is 0 Å². The van der Waals surface area contributed by atoms with E-state index in [2.05, 4.69) is 33.2 Å². The summed E-state index contributed by atoms with van der Waals surface area (Å²) in [6.45, 7) is 10.7. The Balaban J connectivity index is 1.58. The molecule has 0 radical (unpaired) electrons. The number of hydrogen-bond donors (Lipinski definition) is 1. The summed E-state index contributed by atoms with van der Waals surface area (Å²) in [4.78, 5) is 28.9. The van der Waals surface area contributed by atoms with E-state index in [1.54, 1.807) is 17.8 Å². The third kappa shape index (κ3) is 6.29. The van der Waals surface area contributed by atoms with Gasteiger partial charge in [0.1, 0.15) is 11.4 Å². The number of nitrogens with one attached hydrogen (secondary N) is 1. The summed E-state index contributed by atoms with van der Waals surface area (Å²) >= 11 is 3.63. The van der Waals surface area contributed by atoms with Crippen LogP contribution >= 0.6 is 15.9 Å². The lowest BCUT2D eigenvalue weighted by Gasteiger charge is -2.20. The smallest absolute Gasteiger partial charge is 0.407 e. The molecular weight excluding hydrogens is 498 g/mol. The number of aryl methyl sites for hydroxylation is 2. The Kier molecular flexibility index (Phi) is 8.23. The minimum atomic E-state index is -0.486. The molecule has 1 N–H and O–H groups in total. The molecule has 1 unspecified atom stereocenters. The fourth-order valence-corrected chi connectivity index (χ4v) is 4.44. The molecule has 0 spiro atoms. The number of pyridine rings is 2. The number of fused-ring (bicyclic) bond motifs is 3. The largest absolute Gasteiger partial charge is 0.492 e. The summed E-state index contributed by atoms with van der Waals surface area (Å²) in [5.74, 6) is 1.16. The molecule has 2 heterocycles. The number of nitrogens with zero attached hydrogens (tertiary/aromatic N) is 2. The second kappa shape index (κ2) is 10.8. The van der Waals surface area contributed by atoms with Crippen LogP contribution in [0.4, 0.5) is 4.79 Å². The Hall–Kier alpha value is -2.61. The molecule has 0 saturated heterocycles. The molecule has 2 aromatic heterocycles. The van der Waals surface area contributed by atoms with Crippen molar-refractivity contribution < 1.29 is 14.3 Å². The van der Waals surface area contributed by atoms with Gasteiger partial charge in [0.25, 0.3) is 5.56 Å². The van der Waals surface area contributed by atoms with Gasteiger partial charge in [0.2, 0.25) is 0 Å². The third-order valence-electron chi connectivity index (χ3n) is 5.76. The quantitative estimate of drug-likeness (QED) is 0.290. The normalized spacial score (nSPS) is 12.7. The maximum Gasteiger partial charge on any atom is 0.407 e. The topological polar surface area (TPSA) is 82.5 Å². The molecule has 0 saturated carbocycles. The van der Waals surface area contributed by atoms with Crippen LogP contribution in [0.25, 0.3) is 21.7 Å². The molecule has 1 aromatic carbocycles. The van der Waals surface area contributed by atoms with E-state index in [0.29, 0.717) is 30.2 Å². The van der Waals surface area contributed by atoms with Crippen molar-refractivity contribution in [3.8, 4) is 5.75 Å². The van der Waals surface area contributed by atoms with Gasteiger partial charge in [0, 0.05) is 31.2 Å². The lowest BCUT2D eigenvalue weighted by atomic mass is 10.0. The Bertz CT molecular complexity index is 1250. The number of aromatic nitrogens is 2. The van der Waals surface area contributed by atoms with Gasteiger partial charge in [-0.2, -0.15) is 0 Å². The minimum Gasteiger partial charge on any atom is -0.492 e. The Morgan fingerprint density at radius 3 is 2.68 bits per heavy atom. The van der Waals surface area contributed by atoms with E-state index in [1.807, 2.05) is 45.9 Å². The number of rotatable bonds is 8. The zero-order valence-electron chi connectivity index (χ0n) is 20.8. The van der Waals surface area contributed by atoms with E-state index < -0.39 is 5.60 Å². The van der Waals surface area contributed by atoms with E-state index in [9.17, 15) is 9.59 Å². The number of alkyl carbamates (subject to hydrolysis) is 1. The van der Waals surface area contributed by atoms with Gasteiger partial charge < -0.3 is 19.4 Å². The van der Waals surface area contributed by atoms with Crippen LogP contribution < -0.4 is 15.6 Å². The van der Waals surface area contributed by atoms with Gasteiger partial charge in [-0.15, -0.1) is 0 Å². The van der Waals surface area contributed by atoms with Gasteiger partial charge in [-0.05, 0) is 86.3 Å². The van der Waals surface area contributed by atoms with E-state index in [-0.39, 0.29) is 11.7 Å². The first kappa shape index (κ1) is 26.0. The van der Waals surface area contributed by atoms with E-state index in [1.165, 1.54) is 0 Å². The maximum atomic E-state index is 12.9. The minimum absolute atomic E-state index is 0.0600. The zero-order valence-corrected chi connectivity index (χ0v) is 22.4. The molecule has 7 nitrogen and oxygen atoms in total. The lowest BCUT2D eigenvalue weighted by Crippen LogP contribution is -2.33. The molecule has 0 aliphatic carbocycles. The molecule has 8 heteroatoms. The molecule has 0 fully saturated rings. The number of ether oxygens (including phenoxy) is 2. The molecule has 3 rings (SSSR count). The van der Waals surface area contributed by atoms with Crippen molar-refractivity contribution in [2.75, 3.05) is 13.2 Å². The number of halogens is 1. The summed E-state index contributed by atoms with van der Waals surface area (Å²) in [5, 5.41) is 5.33. The fourth-order valence-electron chi connectivity index (χ4n) is 3.98. The van der Waals surface area contributed by atoms with Crippen molar-refractivity contribution in [1.29, 1.82) is 0 Å². The van der Waals surface area contributed by atoms with Gasteiger partial charge in [-0.3, -0.25) is 9.78 Å². The number of carbonyl (C=O) groups excluding carboxylic acids is 1. The Morgan fingerprint density at radius 1 is 1.24 bits per heavy atom. The highest BCUT2D eigenvalue weighted by molar-refractivity contribution is 9.10. The third-order valence-corrected chi connectivity index (χ3v) is 6.38. The summed E-state index contributed by atoms with van der Waals surface area (Å²) in [5.41, 5.74) is 1.00. The van der Waals surface area contributed by atoms with Crippen LogP contribution in [0, 0.1) is 12.8 Å². The van der Waals surface area contributed by atoms with Gasteiger partial charge in [-0.25, -0.2) is 4.79 Å². The van der Waals surface area contributed by atoms with Crippen molar-refractivity contribution in [2.24, 2.45) is 13.0 Å². The summed E-state index contributed by atoms with van der Waals surface area (Å²) in [6, 6.07) is 5.82. The molecule has 1 amide bonds. The van der Waals surface area contributed by atoms with Crippen molar-refractivity contribution in [2.45, 2.75) is 59.5 Å². The van der Waals surface area contributed by atoms with Gasteiger partial charge in [0.15, 0.2) is 0 Å². The highest BCUT2D eigenvalue weighted by atomic mass is 79.9. The number of amides is 1. The first-order valence-electron chi connectivity index (χ1n) is 11.6. The SMILES string of the molecule is Cc1nccc2c1c(=O)n(C)c1cc(OCCCC(C)CCNC(=O)OC(C)(C)C)c(Br)cc21. The van der Waals surface area contributed by atoms with E-state index in [4.69, 9.17) is 9.47 Å². The van der Waals surface area contributed by atoms with Crippen LogP contribution in [0.5, 0.6) is 5.75 Å². The molecule has 0 bridgehead atoms. The van der Waals surface area contributed by atoms with Crippen molar-refractivity contribution in [3.63, 3.8) is 0 Å². The standard InChI is InChI=1S/C26H34BrN3O4/c1-16(9-11-29-25(32)34-26(3,4)5)8-7-13-33-22-15-21-19(14-20(22)27)18-10-12-28-17(2)23(18)24(31)30(21)6/h10,12,14-16H,7-9,11,13H2,1-6H3,(H,29,32). The van der Waals surface area contributed by atoms with Crippen molar-refractivity contribution in [3.05, 3.63) is 44.9 Å². The molecule has 3 aromatic rings. The van der Waals surface area contributed by atoms with Crippen LogP contribution in [0.15, 0.2) is 33.7 Å². The number of hydrogen-bond acceptors (Lipinski definition) is 5. The van der Waals surface area contributed by atoms with E-state index >= 15 is 0 Å². The fraction of sp³-hybridized carbons (Fsp3) is 0.500. The zero-order chi connectivity index (χ0) is 25.0. The van der Waals surface area contributed by atoms with Gasteiger partial charge >= 0.3 is 6.09 Å². The molecular formula is C26H34BrN3O4. The van der Waals surface area contributed by atoms with Crippen LogP contribution in [0.2, 0.25) is 0 Å². The van der Waals surface area contributed by atoms with E-state index in [0.717, 1.165) is 45.7 Å². The predicted octanol–water partition coefficient (Wildman–Crippen LogP) is 5.87. The second-order valence-electron chi connectivity index (χ2n) is 9.80.